The maximum Gasteiger partial charge on any atom is 0.263 e. The number of hydrogen-bond acceptors (Lipinski definition) is 4. The molecule has 0 spiro atoms. The van der Waals surface area contributed by atoms with Crippen molar-refractivity contribution in [1.29, 1.82) is 0 Å². The van der Waals surface area contributed by atoms with Gasteiger partial charge in [0.15, 0.2) is 11.5 Å². The van der Waals surface area contributed by atoms with Crippen molar-refractivity contribution in [3.05, 3.63) is 59.1 Å². The molecule has 2 aromatic heterocycles. The topological polar surface area (TPSA) is 76.9 Å². The fourth-order valence-corrected chi connectivity index (χ4v) is 4.33. The molecule has 4 aromatic rings. The van der Waals surface area contributed by atoms with Gasteiger partial charge in [0.05, 0.1) is 15.8 Å². The smallest absolute Gasteiger partial charge is 0.261 e. The highest BCUT2D eigenvalue weighted by atomic mass is 79.9. The highest BCUT2D eigenvalue weighted by Gasteiger charge is 2.20. The Morgan fingerprint density at radius 1 is 1.11 bits per heavy atom. The summed E-state index contributed by atoms with van der Waals surface area (Å²) in [5, 5.41) is 6.15. The molecule has 8 heteroatoms. The predicted molar refractivity (Wildman–Crippen MR) is 115 cm³/mol. The van der Waals surface area contributed by atoms with Crippen LogP contribution in [0.4, 0.5) is 5.82 Å². The number of aromatic nitrogens is 3. The number of nitrogens with one attached hydrogen (secondary N) is 1. The number of rotatable bonds is 5. The highest BCUT2D eigenvalue weighted by molar-refractivity contribution is 9.10. The second kappa shape index (κ2) is 7.18. The third-order valence-electron chi connectivity index (χ3n) is 4.32. The van der Waals surface area contributed by atoms with Crippen molar-refractivity contribution in [1.82, 2.24) is 14.8 Å². The van der Waals surface area contributed by atoms with Gasteiger partial charge in [-0.3, -0.25) is 4.72 Å². The number of para-hydroxylation sites is 1. The Labute approximate surface area is 171 Å². The predicted octanol–water partition coefficient (Wildman–Crippen LogP) is 4.80. The summed E-state index contributed by atoms with van der Waals surface area (Å²) in [6.45, 7) is 4.81. The summed E-state index contributed by atoms with van der Waals surface area (Å²) in [4.78, 5) is 4.90. The number of pyridine rings is 1. The molecular formula is C20H19BrN4O2S. The van der Waals surface area contributed by atoms with Crippen LogP contribution in [0.1, 0.15) is 13.8 Å². The van der Waals surface area contributed by atoms with Gasteiger partial charge >= 0.3 is 0 Å². The van der Waals surface area contributed by atoms with Crippen LogP contribution in [0.15, 0.2) is 64.0 Å². The molecule has 2 heterocycles. The van der Waals surface area contributed by atoms with Crippen molar-refractivity contribution in [2.24, 2.45) is 5.92 Å². The molecule has 0 aliphatic carbocycles. The van der Waals surface area contributed by atoms with Gasteiger partial charge in [-0.25, -0.2) is 18.1 Å². The molecule has 0 fully saturated rings. The van der Waals surface area contributed by atoms with E-state index in [9.17, 15) is 8.42 Å². The lowest BCUT2D eigenvalue weighted by molar-refractivity contribution is 0.494. The Balaban J connectivity index is 1.85. The van der Waals surface area contributed by atoms with Gasteiger partial charge < -0.3 is 0 Å². The average Bonchev–Trinajstić information content (AvgIpc) is 2.95. The number of hydrogen-bond donors (Lipinski definition) is 1. The van der Waals surface area contributed by atoms with Crippen LogP contribution in [0.3, 0.4) is 0 Å². The van der Waals surface area contributed by atoms with Crippen LogP contribution in [0, 0.1) is 5.92 Å². The van der Waals surface area contributed by atoms with E-state index in [1.165, 1.54) is 0 Å². The first-order valence-corrected chi connectivity index (χ1v) is 11.2. The molecule has 0 atom stereocenters. The zero-order chi connectivity index (χ0) is 19.9. The summed E-state index contributed by atoms with van der Waals surface area (Å²) in [5.41, 5.74) is 1.52. The van der Waals surface area contributed by atoms with Crippen LogP contribution in [-0.4, -0.2) is 23.2 Å². The molecule has 28 heavy (non-hydrogen) atoms. The third-order valence-corrected chi connectivity index (χ3v) is 6.20. The van der Waals surface area contributed by atoms with Crippen LogP contribution in [0.25, 0.3) is 21.9 Å². The molecular weight excluding hydrogens is 440 g/mol. The maximum absolute atomic E-state index is 12.9. The van der Waals surface area contributed by atoms with Gasteiger partial charge in [-0.05, 0) is 42.3 Å². The first-order chi connectivity index (χ1) is 13.3. The van der Waals surface area contributed by atoms with E-state index >= 15 is 0 Å². The summed E-state index contributed by atoms with van der Waals surface area (Å²) in [7, 11) is -3.76. The molecule has 0 unspecified atom stereocenters. The van der Waals surface area contributed by atoms with Crippen LogP contribution < -0.4 is 4.72 Å². The normalized spacial score (nSPS) is 12.1. The molecule has 0 saturated carbocycles. The largest absolute Gasteiger partial charge is 0.263 e. The second-order valence-electron chi connectivity index (χ2n) is 7.04. The molecule has 6 nitrogen and oxygen atoms in total. The number of fused-ring (bicyclic) bond motifs is 2. The molecule has 2 aromatic carbocycles. The molecule has 0 aliphatic rings. The quantitative estimate of drug-likeness (QED) is 0.465. The number of sulfonamides is 1. The minimum absolute atomic E-state index is 0.177. The lowest BCUT2D eigenvalue weighted by atomic mass is 10.2. The summed E-state index contributed by atoms with van der Waals surface area (Å²) < 4.78 is 30.9. The van der Waals surface area contributed by atoms with E-state index in [0.717, 1.165) is 15.4 Å². The van der Waals surface area contributed by atoms with Crippen LogP contribution >= 0.6 is 15.9 Å². The molecule has 1 N–H and O–H groups in total. The zero-order valence-corrected chi connectivity index (χ0v) is 17.8. The van der Waals surface area contributed by atoms with E-state index in [-0.39, 0.29) is 10.7 Å². The molecule has 0 radical (unpaired) electrons. The van der Waals surface area contributed by atoms with Gasteiger partial charge in [-0.15, -0.1) is 0 Å². The molecule has 4 rings (SSSR count). The number of anilines is 1. The van der Waals surface area contributed by atoms with Crippen molar-refractivity contribution >= 4 is 53.7 Å². The molecule has 0 saturated heterocycles. The van der Waals surface area contributed by atoms with E-state index < -0.39 is 10.0 Å². The molecule has 0 amide bonds. The van der Waals surface area contributed by atoms with Crippen LogP contribution in [0.2, 0.25) is 0 Å². The average molecular weight is 459 g/mol. The summed E-state index contributed by atoms with van der Waals surface area (Å²) in [6, 6.07) is 16.2. The minimum Gasteiger partial charge on any atom is -0.261 e. The standard InChI is InChI=1S/C20H19BrN4O2S/c1-13(2)12-25-20-17(11-14-5-3-4-6-18(14)22-20)19(23-25)24-28(26,27)16-9-7-15(21)8-10-16/h3-11,13H,12H2,1-2H3,(H,23,24). The highest BCUT2D eigenvalue weighted by Crippen LogP contribution is 2.28. The van der Waals surface area contributed by atoms with Crippen molar-refractivity contribution in [2.75, 3.05) is 4.72 Å². The van der Waals surface area contributed by atoms with Crippen LogP contribution in [-0.2, 0) is 16.6 Å². The van der Waals surface area contributed by atoms with Crippen LogP contribution in [0.5, 0.6) is 0 Å². The lowest BCUT2D eigenvalue weighted by Gasteiger charge is -2.06. The fourth-order valence-electron chi connectivity index (χ4n) is 3.05. The minimum atomic E-state index is -3.76. The first kappa shape index (κ1) is 18.9. The maximum atomic E-state index is 12.9. The van der Waals surface area contributed by atoms with Crippen molar-refractivity contribution in [3.63, 3.8) is 0 Å². The Morgan fingerprint density at radius 3 is 2.54 bits per heavy atom. The van der Waals surface area contributed by atoms with Crippen molar-refractivity contribution in [3.8, 4) is 0 Å². The fraction of sp³-hybridized carbons (Fsp3) is 0.200. The molecule has 0 bridgehead atoms. The van der Waals surface area contributed by atoms with Crippen molar-refractivity contribution in [2.45, 2.75) is 25.3 Å². The number of halogens is 1. The van der Waals surface area contributed by atoms with E-state index in [0.29, 0.717) is 23.5 Å². The summed E-state index contributed by atoms with van der Waals surface area (Å²) in [5.74, 6) is 0.629. The third kappa shape index (κ3) is 3.62. The van der Waals surface area contributed by atoms with E-state index in [1.807, 2.05) is 30.3 Å². The second-order valence-corrected chi connectivity index (χ2v) is 9.63. The van der Waals surface area contributed by atoms with Gasteiger partial charge in [0.25, 0.3) is 10.0 Å². The molecule has 0 aliphatic heterocycles. The first-order valence-electron chi connectivity index (χ1n) is 8.88. The monoisotopic (exact) mass is 458 g/mol. The SMILES string of the molecule is CC(C)Cn1nc(NS(=O)(=O)c2ccc(Br)cc2)c2cc3ccccc3nc21. The Bertz CT molecular complexity index is 1260. The van der Waals surface area contributed by atoms with Gasteiger partial charge in [0.1, 0.15) is 0 Å². The van der Waals surface area contributed by atoms with E-state index in [2.05, 4.69) is 39.6 Å². The number of benzene rings is 2. The van der Waals surface area contributed by atoms with Gasteiger partial charge in [0, 0.05) is 16.4 Å². The van der Waals surface area contributed by atoms with Gasteiger partial charge in [-0.2, -0.15) is 5.10 Å². The molecule has 144 valence electrons. The summed E-state index contributed by atoms with van der Waals surface area (Å²) in [6.07, 6.45) is 0. The Morgan fingerprint density at radius 2 is 1.82 bits per heavy atom. The number of nitrogens with zero attached hydrogens (tertiary/aromatic N) is 3. The Kier molecular flexibility index (Phi) is 4.84. The summed E-state index contributed by atoms with van der Waals surface area (Å²) >= 11 is 3.32. The lowest BCUT2D eigenvalue weighted by Crippen LogP contribution is -2.14. The van der Waals surface area contributed by atoms with Gasteiger partial charge in [-0.1, -0.05) is 48.0 Å². The Hall–Kier alpha value is -2.45. The van der Waals surface area contributed by atoms with Crippen molar-refractivity contribution < 1.29 is 8.42 Å². The van der Waals surface area contributed by atoms with E-state index in [4.69, 9.17) is 4.98 Å². The van der Waals surface area contributed by atoms with Gasteiger partial charge in [0.2, 0.25) is 0 Å². The zero-order valence-electron chi connectivity index (χ0n) is 15.4. The van der Waals surface area contributed by atoms with E-state index in [1.54, 1.807) is 28.9 Å².